The molecule has 4 heteroatoms. The molecule has 0 nitrogen and oxygen atoms in total. The molecule has 0 aromatic rings. The van der Waals surface area contributed by atoms with E-state index in [0.29, 0.717) is 11.2 Å². The van der Waals surface area contributed by atoms with Crippen molar-refractivity contribution in [3.05, 3.63) is 0 Å². The maximum atomic E-state index is 13.0. The molecule has 0 amide bonds. The summed E-state index contributed by atoms with van der Waals surface area (Å²) in [6.07, 6.45) is 8.75. The summed E-state index contributed by atoms with van der Waals surface area (Å²) < 4.78 is 26.0. The molecule has 0 radical (unpaired) electrons. The predicted molar refractivity (Wildman–Crippen MR) is 101 cm³/mol. The number of hydrogen-bond donors (Lipinski definition) is 0. The number of alkyl halides is 2. The van der Waals surface area contributed by atoms with Crippen LogP contribution in [0.4, 0.5) is 8.78 Å². The van der Waals surface area contributed by atoms with Crippen molar-refractivity contribution in [2.45, 2.75) is 109 Å². The lowest BCUT2D eigenvalue weighted by atomic mass is 9.90. The molecule has 0 aromatic heterocycles. The van der Waals surface area contributed by atoms with E-state index in [2.05, 4.69) is 27.7 Å². The molecular weight excluding hydrogens is 318 g/mol. The van der Waals surface area contributed by atoms with E-state index in [-0.39, 0.29) is 11.7 Å². The Morgan fingerprint density at radius 3 is 1.82 bits per heavy atom. The molecule has 0 aromatic carbocycles. The Morgan fingerprint density at radius 1 is 0.773 bits per heavy atom. The lowest BCUT2D eigenvalue weighted by Crippen LogP contribution is -2.20. The first-order valence-corrected chi connectivity index (χ1v) is 11.4. The molecule has 2 atom stereocenters. The van der Waals surface area contributed by atoms with Crippen LogP contribution in [0.3, 0.4) is 0 Å². The number of rotatable bonds is 15. The van der Waals surface area contributed by atoms with Crippen LogP contribution in [0.15, 0.2) is 0 Å². The number of unbranched alkanes of at least 4 members (excludes halogenated alkanes) is 5. The fourth-order valence-corrected chi connectivity index (χ4v) is 5.49. The van der Waals surface area contributed by atoms with E-state index >= 15 is 0 Å². The molecule has 0 heterocycles. The summed E-state index contributed by atoms with van der Waals surface area (Å²) in [4.78, 5) is 0. The second kappa shape index (κ2) is 15.1. The third-order valence-electron chi connectivity index (χ3n) is 3.91. The molecule has 0 bridgehead atoms. The molecule has 0 fully saturated rings. The van der Waals surface area contributed by atoms with E-state index in [9.17, 15) is 8.78 Å². The molecule has 134 valence electrons. The fourth-order valence-electron chi connectivity index (χ4n) is 2.67. The van der Waals surface area contributed by atoms with Gasteiger partial charge in [-0.1, -0.05) is 94.2 Å². The van der Waals surface area contributed by atoms with Gasteiger partial charge in [0.2, 0.25) is 6.43 Å². The first-order chi connectivity index (χ1) is 10.5. The Hall–Kier alpha value is 0.560. The Balaban J connectivity index is 4.52. The van der Waals surface area contributed by atoms with Crippen molar-refractivity contribution in [3.63, 3.8) is 0 Å². The Bertz CT molecular complexity index is 235. The topological polar surface area (TPSA) is 0 Å². The SMILES string of the molecule is CCCCCCC(CCCCC)[C@@H](CC(F)F)SSC(C)C. The molecule has 22 heavy (non-hydrogen) atoms. The van der Waals surface area contributed by atoms with Crippen molar-refractivity contribution in [1.82, 2.24) is 0 Å². The predicted octanol–water partition coefficient (Wildman–Crippen LogP) is 7.97. The van der Waals surface area contributed by atoms with Crippen molar-refractivity contribution >= 4 is 21.6 Å². The van der Waals surface area contributed by atoms with Crippen molar-refractivity contribution in [3.8, 4) is 0 Å². The number of halogens is 2. The van der Waals surface area contributed by atoms with Gasteiger partial charge in [-0.2, -0.15) is 0 Å². The normalized spacial score (nSPS) is 14.7. The van der Waals surface area contributed by atoms with Gasteiger partial charge in [-0.25, -0.2) is 8.78 Å². The van der Waals surface area contributed by atoms with Crippen LogP contribution in [0.5, 0.6) is 0 Å². The van der Waals surface area contributed by atoms with E-state index in [1.807, 2.05) is 0 Å². The summed E-state index contributed by atoms with van der Waals surface area (Å²) in [5.41, 5.74) is 0. The maximum absolute atomic E-state index is 13.0. The minimum Gasteiger partial charge on any atom is -0.210 e. The van der Waals surface area contributed by atoms with Gasteiger partial charge in [0.1, 0.15) is 0 Å². The van der Waals surface area contributed by atoms with Gasteiger partial charge < -0.3 is 0 Å². The zero-order valence-electron chi connectivity index (χ0n) is 15.0. The maximum Gasteiger partial charge on any atom is 0.239 e. The van der Waals surface area contributed by atoms with Crippen LogP contribution in [0.2, 0.25) is 0 Å². The zero-order valence-corrected chi connectivity index (χ0v) is 16.6. The summed E-state index contributed by atoms with van der Waals surface area (Å²) in [5.74, 6) is 0.466. The Morgan fingerprint density at radius 2 is 1.32 bits per heavy atom. The van der Waals surface area contributed by atoms with Crippen LogP contribution in [-0.4, -0.2) is 16.9 Å². The highest BCUT2D eigenvalue weighted by Gasteiger charge is 2.25. The third kappa shape index (κ3) is 13.0. The molecule has 1 unspecified atom stereocenters. The summed E-state index contributed by atoms with van der Waals surface area (Å²) in [6, 6.07) is 0. The van der Waals surface area contributed by atoms with E-state index in [4.69, 9.17) is 0 Å². The van der Waals surface area contributed by atoms with Crippen LogP contribution in [0, 0.1) is 5.92 Å². The van der Waals surface area contributed by atoms with Gasteiger partial charge in [0.15, 0.2) is 0 Å². The average Bonchev–Trinajstić information content (AvgIpc) is 2.45. The van der Waals surface area contributed by atoms with E-state index in [1.54, 1.807) is 21.6 Å². The van der Waals surface area contributed by atoms with Gasteiger partial charge in [-0.15, -0.1) is 0 Å². The molecule has 0 aliphatic rings. The highest BCUT2D eigenvalue weighted by atomic mass is 33.1. The van der Waals surface area contributed by atoms with Gasteiger partial charge >= 0.3 is 0 Å². The van der Waals surface area contributed by atoms with Crippen molar-refractivity contribution in [2.75, 3.05) is 0 Å². The lowest BCUT2D eigenvalue weighted by Gasteiger charge is -2.27. The standard InChI is InChI=1S/C18H36F2S2/c1-5-7-9-11-13-16(12-10-8-6-2)17(14-18(19)20)22-21-15(3)4/h15-18H,5-14H2,1-4H3/t16?,17-/m1/s1. The smallest absolute Gasteiger partial charge is 0.210 e. The van der Waals surface area contributed by atoms with Gasteiger partial charge in [0, 0.05) is 16.9 Å². The monoisotopic (exact) mass is 354 g/mol. The summed E-state index contributed by atoms with van der Waals surface area (Å²) in [5, 5.41) is 0.618. The number of hydrogen-bond acceptors (Lipinski definition) is 2. The zero-order chi connectivity index (χ0) is 16.8. The van der Waals surface area contributed by atoms with E-state index < -0.39 is 6.43 Å². The lowest BCUT2D eigenvalue weighted by molar-refractivity contribution is 0.128. The Labute approximate surface area is 145 Å². The first-order valence-electron chi connectivity index (χ1n) is 9.11. The van der Waals surface area contributed by atoms with Gasteiger partial charge in [0.05, 0.1) is 0 Å². The fraction of sp³-hybridized carbons (Fsp3) is 1.00. The summed E-state index contributed by atoms with van der Waals surface area (Å²) in [6.45, 7) is 8.71. The van der Waals surface area contributed by atoms with Crippen molar-refractivity contribution in [2.24, 2.45) is 5.92 Å². The molecule has 0 rings (SSSR count). The highest BCUT2D eigenvalue weighted by molar-refractivity contribution is 8.77. The van der Waals surface area contributed by atoms with Crippen LogP contribution in [0.25, 0.3) is 0 Å². The largest absolute Gasteiger partial charge is 0.239 e. The second-order valence-electron chi connectivity index (χ2n) is 6.51. The van der Waals surface area contributed by atoms with Crippen LogP contribution in [-0.2, 0) is 0 Å². The van der Waals surface area contributed by atoms with Crippen molar-refractivity contribution in [1.29, 1.82) is 0 Å². The molecule has 0 spiro atoms. The van der Waals surface area contributed by atoms with Gasteiger partial charge in [0.25, 0.3) is 0 Å². The highest BCUT2D eigenvalue weighted by Crippen LogP contribution is 2.40. The van der Waals surface area contributed by atoms with Crippen LogP contribution < -0.4 is 0 Å². The van der Waals surface area contributed by atoms with Gasteiger partial charge in [-0.05, 0) is 18.8 Å². The van der Waals surface area contributed by atoms with Crippen LogP contribution in [0.1, 0.15) is 91.9 Å². The molecule has 0 saturated carbocycles. The van der Waals surface area contributed by atoms with E-state index in [1.165, 1.54) is 44.9 Å². The first kappa shape index (κ1) is 22.6. The Kier molecular flexibility index (Phi) is 15.5. The molecule has 0 N–H and O–H groups in total. The summed E-state index contributed by atoms with van der Waals surface area (Å²) >= 11 is 0. The minimum atomic E-state index is -2.17. The molecule has 0 aliphatic heterocycles. The second-order valence-corrected chi connectivity index (χ2v) is 9.60. The van der Waals surface area contributed by atoms with Gasteiger partial charge in [-0.3, -0.25) is 0 Å². The van der Waals surface area contributed by atoms with Crippen LogP contribution >= 0.6 is 21.6 Å². The molecule has 0 saturated heterocycles. The quantitative estimate of drug-likeness (QED) is 0.216. The molecular formula is C18H36F2S2. The average molecular weight is 355 g/mol. The van der Waals surface area contributed by atoms with Crippen molar-refractivity contribution < 1.29 is 8.78 Å². The summed E-state index contributed by atoms with van der Waals surface area (Å²) in [7, 11) is 3.50. The minimum absolute atomic E-state index is 0.0644. The third-order valence-corrected chi connectivity index (χ3v) is 7.46. The molecule has 0 aliphatic carbocycles. The van der Waals surface area contributed by atoms with E-state index in [0.717, 1.165) is 12.8 Å².